The topological polar surface area (TPSA) is 40.5 Å². The van der Waals surface area contributed by atoms with E-state index >= 15 is 0 Å². The molecule has 0 aromatic heterocycles. The summed E-state index contributed by atoms with van der Waals surface area (Å²) in [5.74, 6) is 0. The zero-order valence-corrected chi connectivity index (χ0v) is 5.70. The van der Waals surface area contributed by atoms with Gasteiger partial charge < -0.3 is 0 Å². The van der Waals surface area contributed by atoms with Crippen LogP contribution in [0.15, 0.2) is 0 Å². The highest BCUT2D eigenvalue weighted by Crippen LogP contribution is 2.38. The first-order valence-corrected chi connectivity index (χ1v) is 4.18. The van der Waals surface area contributed by atoms with Crippen molar-refractivity contribution in [2.45, 2.75) is 19.1 Å². The molecule has 3 heteroatoms. The molecule has 0 saturated carbocycles. The van der Waals surface area contributed by atoms with E-state index in [1.807, 2.05) is 0 Å². The first-order chi connectivity index (χ1) is 2.94. The van der Waals surface area contributed by atoms with Crippen LogP contribution in [-0.2, 0) is 0 Å². The molecule has 0 aliphatic heterocycles. The minimum Gasteiger partial charge on any atom is -0.299 e. The largest absolute Gasteiger partial charge is 0.299 e. The molecule has 0 bridgehead atoms. The molecule has 0 fully saturated rings. The molecule has 0 atom stereocenters. The van der Waals surface area contributed by atoms with Crippen molar-refractivity contribution in [1.82, 2.24) is 0 Å². The van der Waals surface area contributed by atoms with Gasteiger partial charge in [0.15, 0.2) is 0 Å². The smallest absolute Gasteiger partial charge is 0.0425 e. The summed E-state index contributed by atoms with van der Waals surface area (Å²) in [5.41, 5.74) is 0. The maximum absolute atomic E-state index is 8.73. The number of hydrogen-bond acceptors (Lipinski definition) is 2. The molecule has 2 N–H and O–H groups in total. The van der Waals surface area contributed by atoms with Crippen LogP contribution in [0.3, 0.4) is 0 Å². The summed E-state index contributed by atoms with van der Waals surface area (Å²) < 4.78 is 17.5. The Hall–Kier alpha value is 0.270. The molecule has 46 valence electrons. The molecule has 0 aromatic rings. The van der Waals surface area contributed by atoms with Crippen molar-refractivity contribution in [2.24, 2.45) is 0 Å². The van der Waals surface area contributed by atoms with Crippen LogP contribution in [0.5, 0.6) is 0 Å². The fourth-order valence-corrected chi connectivity index (χ4v) is 0. The monoisotopic (exact) mass is 124 g/mol. The van der Waals surface area contributed by atoms with Crippen molar-refractivity contribution < 1.29 is 9.11 Å². The fraction of sp³-hybridized carbons (Fsp3) is 1.00. The third-order valence-electron chi connectivity index (χ3n) is 0.893. The lowest BCUT2D eigenvalue weighted by atomic mass is 10.6. The van der Waals surface area contributed by atoms with E-state index in [0.29, 0.717) is 0 Å². The van der Waals surface area contributed by atoms with Crippen LogP contribution in [0.1, 0.15) is 13.8 Å². The van der Waals surface area contributed by atoms with Gasteiger partial charge in [-0.3, -0.25) is 9.11 Å². The predicted octanol–water partition coefficient (Wildman–Crippen LogP) is 1.78. The molecule has 0 saturated heterocycles. The van der Waals surface area contributed by atoms with E-state index in [0.717, 1.165) is 0 Å². The lowest BCUT2D eigenvalue weighted by Crippen LogP contribution is -2.06. The summed E-state index contributed by atoms with van der Waals surface area (Å²) in [6.07, 6.45) is 1.46. The summed E-state index contributed by atoms with van der Waals surface area (Å²) in [4.78, 5) is 0. The molecule has 0 aromatic carbocycles. The molecule has 0 rings (SSSR count). The summed E-state index contributed by atoms with van der Waals surface area (Å²) in [7, 11) is -2.24. The van der Waals surface area contributed by atoms with Gasteiger partial charge in [0.2, 0.25) is 0 Å². The lowest BCUT2D eigenvalue weighted by Gasteiger charge is -2.30. The van der Waals surface area contributed by atoms with Crippen LogP contribution in [0.25, 0.3) is 0 Å². The van der Waals surface area contributed by atoms with Crippen LogP contribution in [0, 0.1) is 0 Å². The second-order valence-corrected chi connectivity index (χ2v) is 4.67. The molecule has 0 radical (unpaired) electrons. The van der Waals surface area contributed by atoms with Crippen LogP contribution in [-0.4, -0.2) is 20.6 Å². The second-order valence-electron chi connectivity index (χ2n) is 1.94. The summed E-state index contributed by atoms with van der Waals surface area (Å²) in [6.45, 7) is 3.57. The molecule has 2 nitrogen and oxygen atoms in total. The third-order valence-corrected chi connectivity index (χ3v) is 2.68. The average Bonchev–Trinajstić information content (AvgIpc) is 1.31. The van der Waals surface area contributed by atoms with E-state index in [1.54, 1.807) is 13.8 Å². The molecular weight excluding hydrogens is 112 g/mol. The van der Waals surface area contributed by atoms with Gasteiger partial charge in [0.1, 0.15) is 0 Å². The Kier molecular flexibility index (Phi) is 2.10. The van der Waals surface area contributed by atoms with E-state index in [4.69, 9.17) is 9.11 Å². The molecule has 0 amide bonds. The minimum atomic E-state index is -2.24. The highest BCUT2D eigenvalue weighted by atomic mass is 32.3. The van der Waals surface area contributed by atoms with Gasteiger partial charge in [0.05, 0.1) is 0 Å². The predicted molar refractivity (Wildman–Crippen MR) is 33.9 cm³/mol. The van der Waals surface area contributed by atoms with Crippen molar-refractivity contribution >= 4 is 10.6 Å². The SMILES string of the molecule is CC(C)S(C)(O)O. The minimum absolute atomic E-state index is 0.00694. The van der Waals surface area contributed by atoms with E-state index in [9.17, 15) is 0 Å². The van der Waals surface area contributed by atoms with Crippen molar-refractivity contribution in [3.63, 3.8) is 0 Å². The molecular formula is C4H12O2S. The first kappa shape index (κ1) is 7.27. The molecule has 7 heavy (non-hydrogen) atoms. The molecule has 0 unspecified atom stereocenters. The van der Waals surface area contributed by atoms with Gasteiger partial charge in [-0.2, -0.15) is 10.6 Å². The number of rotatable bonds is 1. The van der Waals surface area contributed by atoms with Gasteiger partial charge in [-0.1, -0.05) is 0 Å². The zero-order chi connectivity index (χ0) is 6.08. The quantitative estimate of drug-likeness (QED) is 0.559. The van der Waals surface area contributed by atoms with Crippen molar-refractivity contribution in [3.8, 4) is 0 Å². The lowest BCUT2D eigenvalue weighted by molar-refractivity contribution is 0.484. The maximum Gasteiger partial charge on any atom is 0.0425 e. The van der Waals surface area contributed by atoms with Crippen LogP contribution >= 0.6 is 10.6 Å². The Bertz CT molecular complexity index is 55.2. The van der Waals surface area contributed by atoms with Crippen molar-refractivity contribution in [1.29, 1.82) is 0 Å². The van der Waals surface area contributed by atoms with Gasteiger partial charge in [0.25, 0.3) is 0 Å². The zero-order valence-electron chi connectivity index (χ0n) is 4.88. The third kappa shape index (κ3) is 2.91. The van der Waals surface area contributed by atoms with Gasteiger partial charge >= 0.3 is 0 Å². The Labute approximate surface area is 45.9 Å². The average molecular weight is 124 g/mol. The van der Waals surface area contributed by atoms with E-state index in [1.165, 1.54) is 6.26 Å². The molecule has 0 aliphatic carbocycles. The van der Waals surface area contributed by atoms with Crippen molar-refractivity contribution in [3.05, 3.63) is 0 Å². The highest BCUT2D eigenvalue weighted by Gasteiger charge is 2.07. The van der Waals surface area contributed by atoms with Crippen molar-refractivity contribution in [2.75, 3.05) is 6.26 Å². The van der Waals surface area contributed by atoms with Crippen LogP contribution < -0.4 is 0 Å². The number of hydrogen-bond donors (Lipinski definition) is 2. The Morgan fingerprint density at radius 1 is 1.29 bits per heavy atom. The van der Waals surface area contributed by atoms with Gasteiger partial charge in [0, 0.05) is 11.5 Å². The summed E-state index contributed by atoms with van der Waals surface area (Å²) >= 11 is 0. The van der Waals surface area contributed by atoms with Gasteiger partial charge in [-0.25, -0.2) is 0 Å². The highest BCUT2D eigenvalue weighted by molar-refractivity contribution is 8.24. The molecule has 0 aliphatic rings. The Morgan fingerprint density at radius 3 is 1.43 bits per heavy atom. The van der Waals surface area contributed by atoms with Gasteiger partial charge in [-0.15, -0.1) is 0 Å². The van der Waals surface area contributed by atoms with Crippen LogP contribution in [0.2, 0.25) is 0 Å². The Morgan fingerprint density at radius 2 is 1.43 bits per heavy atom. The maximum atomic E-state index is 8.73. The normalized spacial score (nSPS) is 15.1. The van der Waals surface area contributed by atoms with E-state index in [2.05, 4.69) is 0 Å². The molecule has 0 spiro atoms. The first-order valence-electron chi connectivity index (χ1n) is 2.16. The van der Waals surface area contributed by atoms with E-state index in [-0.39, 0.29) is 5.25 Å². The van der Waals surface area contributed by atoms with Gasteiger partial charge in [-0.05, 0) is 13.8 Å². The molecule has 0 heterocycles. The van der Waals surface area contributed by atoms with E-state index < -0.39 is 10.6 Å². The summed E-state index contributed by atoms with van der Waals surface area (Å²) in [5, 5.41) is -0.00694. The van der Waals surface area contributed by atoms with Crippen LogP contribution in [0.4, 0.5) is 0 Å². The standard InChI is InChI=1S/C4H12O2S/c1-4(2)7(3,5)6/h4-6H,1-3H3. The Balaban J connectivity index is 3.54. The summed E-state index contributed by atoms with van der Waals surface area (Å²) in [6, 6.07) is 0. The fourth-order valence-electron chi connectivity index (χ4n) is 0. The second kappa shape index (κ2) is 2.03.